The van der Waals surface area contributed by atoms with E-state index in [2.05, 4.69) is 139 Å². The fourth-order valence-electron chi connectivity index (χ4n) is 7.13. The molecule has 0 atom stereocenters. The molecule has 0 radical (unpaired) electrons. The molecule has 6 aromatic carbocycles. The second-order valence-electron chi connectivity index (χ2n) is 11.9. The van der Waals surface area contributed by atoms with Crippen LogP contribution in [0.2, 0.25) is 6.55 Å². The predicted octanol–water partition coefficient (Wildman–Crippen LogP) is 10.4. The molecule has 3 nitrogen and oxygen atoms in total. The van der Waals surface area contributed by atoms with E-state index in [0.29, 0.717) is 0 Å². The van der Waals surface area contributed by atoms with E-state index in [1.807, 2.05) is 6.07 Å². The maximum absolute atomic E-state index is 6.50. The van der Waals surface area contributed by atoms with Gasteiger partial charge < -0.3 is 13.7 Å². The smallest absolute Gasteiger partial charge is 0.143 e. The van der Waals surface area contributed by atoms with Crippen LogP contribution in [0.1, 0.15) is 17.7 Å². The van der Waals surface area contributed by atoms with E-state index in [1.54, 1.807) is 0 Å². The van der Waals surface area contributed by atoms with E-state index in [4.69, 9.17) is 8.83 Å². The van der Waals surface area contributed by atoms with Crippen molar-refractivity contribution >= 4 is 81.5 Å². The van der Waals surface area contributed by atoms with Gasteiger partial charge in [0.15, 0.2) is 0 Å². The van der Waals surface area contributed by atoms with Crippen LogP contribution in [0.5, 0.6) is 0 Å². The van der Waals surface area contributed by atoms with Crippen LogP contribution in [-0.2, 0) is 6.42 Å². The van der Waals surface area contributed by atoms with Gasteiger partial charge in [-0.25, -0.2) is 0 Å². The molecule has 0 amide bonds. The predicted molar refractivity (Wildman–Crippen MR) is 193 cm³/mol. The third-order valence-electron chi connectivity index (χ3n) is 9.32. The molecule has 0 aliphatic heterocycles. The van der Waals surface area contributed by atoms with E-state index in [1.165, 1.54) is 43.4 Å². The molecule has 1 aliphatic carbocycles. The molecule has 2 aromatic heterocycles. The van der Waals surface area contributed by atoms with Crippen molar-refractivity contribution < 1.29 is 8.83 Å². The standard InChI is InChI=1S/C41H31NO2Si/c1-45-38-24-23-35-33-12-6-8-14-37(33)44-41(35)39(38)26-15-18-29(19-16-26)42(28-9-3-2-4-10-28)30-20-22-31-27(25-30)17-21-34-32-11-5-7-13-36(32)43-40(31)34/h2-4,6-10,12-25H,5,11,45H2,1H3. The third-order valence-corrected chi connectivity index (χ3v) is 10.7. The molecule has 216 valence electrons. The molecular formula is C41H31NO2Si. The fraction of sp³-hybridized carbons (Fsp3) is 0.0732. The highest BCUT2D eigenvalue weighted by atomic mass is 28.2. The first-order valence-corrected chi connectivity index (χ1v) is 17.9. The van der Waals surface area contributed by atoms with Crippen LogP contribution in [0.4, 0.5) is 17.1 Å². The topological polar surface area (TPSA) is 29.5 Å². The third kappa shape index (κ3) is 4.17. The summed E-state index contributed by atoms with van der Waals surface area (Å²) in [6, 6.07) is 43.7. The number of para-hydroxylation sites is 2. The summed E-state index contributed by atoms with van der Waals surface area (Å²) in [6.07, 6.45) is 6.43. The summed E-state index contributed by atoms with van der Waals surface area (Å²) in [4.78, 5) is 2.33. The molecule has 9 rings (SSSR count). The SMILES string of the molecule is C[SiH2]c1ccc2c(oc3ccccc32)c1-c1ccc(N(c2ccccc2)c2ccc3c(ccc4c5c(oc43)C=CCC5)c2)cc1. The average Bonchev–Trinajstić information content (AvgIpc) is 3.67. The summed E-state index contributed by atoms with van der Waals surface area (Å²) in [5.74, 6) is 1.01. The Kier molecular flexibility index (Phi) is 6.03. The summed E-state index contributed by atoms with van der Waals surface area (Å²) < 4.78 is 12.9. The number of aryl methyl sites for hydroxylation is 1. The number of hydrogen-bond acceptors (Lipinski definition) is 3. The molecule has 4 heteroatoms. The van der Waals surface area contributed by atoms with Crippen LogP contribution in [0.25, 0.3) is 60.9 Å². The van der Waals surface area contributed by atoms with Gasteiger partial charge in [0, 0.05) is 49.7 Å². The van der Waals surface area contributed by atoms with Crippen molar-refractivity contribution in [3.8, 4) is 11.1 Å². The first-order chi connectivity index (χ1) is 22.3. The lowest BCUT2D eigenvalue weighted by Crippen LogP contribution is -2.14. The molecule has 45 heavy (non-hydrogen) atoms. The molecule has 0 spiro atoms. The summed E-state index contributed by atoms with van der Waals surface area (Å²) in [5.41, 5.74) is 10.0. The van der Waals surface area contributed by atoms with Gasteiger partial charge >= 0.3 is 0 Å². The second-order valence-corrected chi connectivity index (χ2v) is 13.3. The molecular weight excluding hydrogens is 567 g/mol. The first-order valence-electron chi connectivity index (χ1n) is 15.8. The molecule has 1 aliphatic rings. The monoisotopic (exact) mass is 597 g/mol. The Balaban J connectivity index is 1.17. The molecule has 8 aromatic rings. The normalized spacial score (nSPS) is 13.1. The Hall–Kier alpha value is -5.32. The summed E-state index contributed by atoms with van der Waals surface area (Å²) >= 11 is 0. The van der Waals surface area contributed by atoms with Gasteiger partial charge in [-0.2, -0.15) is 0 Å². The fourth-order valence-corrected chi connectivity index (χ4v) is 8.20. The van der Waals surface area contributed by atoms with Gasteiger partial charge in [-0.05, 0) is 78.4 Å². The number of nitrogens with zero attached hydrogens (tertiary/aromatic N) is 1. The minimum absolute atomic E-state index is 0.433. The van der Waals surface area contributed by atoms with Crippen molar-refractivity contribution in [3.63, 3.8) is 0 Å². The lowest BCUT2D eigenvalue weighted by atomic mass is 9.98. The van der Waals surface area contributed by atoms with Crippen molar-refractivity contribution in [1.82, 2.24) is 0 Å². The summed E-state index contributed by atoms with van der Waals surface area (Å²) in [5, 5.41) is 7.33. The number of fused-ring (bicyclic) bond motifs is 8. The number of allylic oxidation sites excluding steroid dienone is 1. The van der Waals surface area contributed by atoms with Gasteiger partial charge in [-0.15, -0.1) is 0 Å². The maximum Gasteiger partial charge on any atom is 0.143 e. The molecule has 2 heterocycles. The minimum Gasteiger partial charge on any atom is -0.456 e. The van der Waals surface area contributed by atoms with Crippen LogP contribution in [0.15, 0.2) is 136 Å². The van der Waals surface area contributed by atoms with Crippen LogP contribution in [0, 0.1) is 0 Å². The highest BCUT2D eigenvalue weighted by Crippen LogP contribution is 2.41. The van der Waals surface area contributed by atoms with E-state index in [0.717, 1.165) is 57.8 Å². The van der Waals surface area contributed by atoms with Gasteiger partial charge in [0.05, 0.1) is 9.52 Å². The first kappa shape index (κ1) is 26.1. The van der Waals surface area contributed by atoms with E-state index in [9.17, 15) is 0 Å². The largest absolute Gasteiger partial charge is 0.456 e. The maximum atomic E-state index is 6.50. The van der Waals surface area contributed by atoms with E-state index in [-0.39, 0.29) is 0 Å². The average molecular weight is 598 g/mol. The van der Waals surface area contributed by atoms with Crippen LogP contribution in [-0.4, -0.2) is 9.52 Å². The molecule has 0 fully saturated rings. The Bertz CT molecular complexity index is 2420. The van der Waals surface area contributed by atoms with E-state index >= 15 is 0 Å². The highest BCUT2D eigenvalue weighted by Gasteiger charge is 2.20. The van der Waals surface area contributed by atoms with Gasteiger partial charge in [0.25, 0.3) is 0 Å². The zero-order valence-corrected chi connectivity index (χ0v) is 26.5. The van der Waals surface area contributed by atoms with Crippen LogP contribution in [0.3, 0.4) is 0 Å². The lowest BCUT2D eigenvalue weighted by Gasteiger charge is -2.26. The van der Waals surface area contributed by atoms with Gasteiger partial charge in [0.1, 0.15) is 22.5 Å². The number of benzene rings is 6. The highest BCUT2D eigenvalue weighted by molar-refractivity contribution is 6.55. The minimum atomic E-state index is -0.433. The van der Waals surface area contributed by atoms with Crippen molar-refractivity contribution in [2.45, 2.75) is 19.4 Å². The number of rotatable bonds is 5. The quantitative estimate of drug-likeness (QED) is 0.185. The second kappa shape index (κ2) is 10.4. The lowest BCUT2D eigenvalue weighted by molar-refractivity contribution is 0.598. The van der Waals surface area contributed by atoms with Gasteiger partial charge in [0.2, 0.25) is 0 Å². The Labute approximate surface area is 263 Å². The van der Waals surface area contributed by atoms with Crippen molar-refractivity contribution in [1.29, 1.82) is 0 Å². The number of hydrogen-bond donors (Lipinski definition) is 0. The number of furan rings is 2. The molecule has 0 saturated carbocycles. The van der Waals surface area contributed by atoms with Gasteiger partial charge in [-0.1, -0.05) is 90.6 Å². The van der Waals surface area contributed by atoms with Crippen molar-refractivity contribution in [2.24, 2.45) is 0 Å². The number of anilines is 3. The zero-order valence-electron chi connectivity index (χ0n) is 25.1. The Morgan fingerprint density at radius 2 is 1.38 bits per heavy atom. The van der Waals surface area contributed by atoms with Crippen LogP contribution >= 0.6 is 0 Å². The van der Waals surface area contributed by atoms with Crippen LogP contribution < -0.4 is 10.1 Å². The molecule has 0 unspecified atom stereocenters. The summed E-state index contributed by atoms with van der Waals surface area (Å²) in [7, 11) is -0.433. The zero-order chi connectivity index (χ0) is 29.9. The van der Waals surface area contributed by atoms with Crippen molar-refractivity contribution in [3.05, 3.63) is 139 Å². The Morgan fingerprint density at radius 3 is 2.24 bits per heavy atom. The van der Waals surface area contributed by atoms with Gasteiger partial charge in [-0.3, -0.25) is 0 Å². The van der Waals surface area contributed by atoms with Crippen molar-refractivity contribution in [2.75, 3.05) is 4.90 Å². The molecule has 0 bridgehead atoms. The molecule has 0 N–H and O–H groups in total. The molecule has 0 saturated heterocycles. The summed E-state index contributed by atoms with van der Waals surface area (Å²) in [6.45, 7) is 2.35. The Morgan fingerprint density at radius 1 is 0.622 bits per heavy atom. The van der Waals surface area contributed by atoms with E-state index < -0.39 is 9.52 Å².